The second-order valence-corrected chi connectivity index (χ2v) is 8.13. The maximum Gasteiger partial charge on any atom is 0.345 e. The Bertz CT molecular complexity index is 1440. The van der Waals surface area contributed by atoms with Crippen LogP contribution in [-0.4, -0.2) is 5.91 Å². The Hall–Kier alpha value is -4.05. The number of nitrogens with one attached hydrogen (secondary N) is 1. The number of hydrogen-bond donors (Lipinski definition) is 2. The Morgan fingerprint density at radius 3 is 2.61 bits per heavy atom. The fourth-order valence-corrected chi connectivity index (χ4v) is 4.69. The quantitative estimate of drug-likeness (QED) is 0.589. The van der Waals surface area contributed by atoms with Crippen molar-refractivity contribution >= 4 is 22.6 Å². The normalized spacial score (nSPS) is 19.3. The second-order valence-electron chi connectivity index (χ2n) is 8.13. The molecule has 2 aromatic carbocycles. The highest BCUT2D eigenvalue weighted by Gasteiger charge is 2.58. The molecule has 154 valence electrons. The Labute approximate surface area is 177 Å². The van der Waals surface area contributed by atoms with Crippen molar-refractivity contribution in [2.45, 2.75) is 32.1 Å². The maximum absolute atomic E-state index is 13.4. The van der Waals surface area contributed by atoms with Gasteiger partial charge in [-0.2, -0.15) is 5.26 Å². The fourth-order valence-electron chi connectivity index (χ4n) is 4.69. The number of nitrogens with two attached hydrogens (primary N) is 1. The Morgan fingerprint density at radius 1 is 1.16 bits per heavy atom. The number of amides is 1. The number of carbonyl (C=O) groups excluding carboxylic acids is 1. The van der Waals surface area contributed by atoms with Crippen LogP contribution in [-0.2, 0) is 10.2 Å². The average molecular weight is 413 g/mol. The molecule has 1 spiro atoms. The summed E-state index contributed by atoms with van der Waals surface area (Å²) in [5.41, 5.74) is 6.56. The minimum Gasteiger partial charge on any atom is -0.439 e. The minimum absolute atomic E-state index is 0.0304. The van der Waals surface area contributed by atoms with Crippen LogP contribution in [0, 0.1) is 18.3 Å². The van der Waals surface area contributed by atoms with E-state index < -0.39 is 16.9 Å². The van der Waals surface area contributed by atoms with Gasteiger partial charge in [0.1, 0.15) is 22.8 Å². The van der Waals surface area contributed by atoms with Crippen LogP contribution >= 0.6 is 0 Å². The van der Waals surface area contributed by atoms with Crippen molar-refractivity contribution in [2.24, 2.45) is 5.73 Å². The van der Waals surface area contributed by atoms with Gasteiger partial charge >= 0.3 is 5.63 Å². The topological polar surface area (TPSA) is 118 Å². The number of carbonyl (C=O) groups is 1. The number of fused-ring (bicyclic) bond motifs is 6. The molecule has 1 atom stereocenters. The van der Waals surface area contributed by atoms with E-state index in [-0.39, 0.29) is 28.7 Å². The van der Waals surface area contributed by atoms with Crippen molar-refractivity contribution in [1.29, 1.82) is 5.26 Å². The summed E-state index contributed by atoms with van der Waals surface area (Å²) in [7, 11) is 0. The lowest BCUT2D eigenvalue weighted by atomic mass is 9.69. The molecule has 7 heteroatoms. The van der Waals surface area contributed by atoms with E-state index in [1.807, 2.05) is 39.0 Å². The molecular weight excluding hydrogens is 394 g/mol. The summed E-state index contributed by atoms with van der Waals surface area (Å²) in [4.78, 5) is 26.9. The van der Waals surface area contributed by atoms with Crippen molar-refractivity contribution in [2.75, 3.05) is 5.32 Å². The Balaban J connectivity index is 2.02. The monoisotopic (exact) mass is 413 g/mol. The Morgan fingerprint density at radius 2 is 1.90 bits per heavy atom. The second kappa shape index (κ2) is 6.22. The minimum atomic E-state index is -1.74. The van der Waals surface area contributed by atoms with Gasteiger partial charge in [0.05, 0.1) is 5.39 Å². The molecule has 3 heterocycles. The first-order valence-corrected chi connectivity index (χ1v) is 9.92. The molecule has 0 radical (unpaired) electrons. The highest BCUT2D eigenvalue weighted by molar-refractivity contribution is 6.13. The number of nitriles is 1. The van der Waals surface area contributed by atoms with Gasteiger partial charge in [-0.25, -0.2) is 4.79 Å². The number of aryl methyl sites for hydroxylation is 1. The molecule has 31 heavy (non-hydrogen) atoms. The lowest BCUT2D eigenvalue weighted by molar-refractivity contribution is -0.118. The predicted molar refractivity (Wildman–Crippen MR) is 115 cm³/mol. The van der Waals surface area contributed by atoms with Crippen LogP contribution in [0.2, 0.25) is 0 Å². The summed E-state index contributed by atoms with van der Waals surface area (Å²) in [6.45, 7) is 5.86. The summed E-state index contributed by atoms with van der Waals surface area (Å²) in [5, 5.41) is 13.3. The molecule has 3 N–H and O–H groups in total. The number of nitrogens with zero attached hydrogens (tertiary/aromatic N) is 1. The maximum atomic E-state index is 13.4. The van der Waals surface area contributed by atoms with Gasteiger partial charge in [0.2, 0.25) is 11.8 Å². The van der Waals surface area contributed by atoms with Crippen molar-refractivity contribution in [3.05, 3.63) is 80.5 Å². The van der Waals surface area contributed by atoms with Gasteiger partial charge in [-0.05, 0) is 30.0 Å². The van der Waals surface area contributed by atoms with E-state index >= 15 is 0 Å². The summed E-state index contributed by atoms with van der Waals surface area (Å²) in [6.07, 6.45) is 0. The molecule has 0 saturated carbocycles. The molecule has 0 saturated heterocycles. The molecule has 1 unspecified atom stereocenters. The molecule has 2 aliphatic rings. The molecule has 3 aromatic rings. The largest absolute Gasteiger partial charge is 0.439 e. The van der Waals surface area contributed by atoms with E-state index in [1.54, 1.807) is 24.3 Å². The Kier molecular flexibility index (Phi) is 3.80. The molecular formula is C24H19N3O4. The molecule has 1 aromatic heterocycles. The smallest absolute Gasteiger partial charge is 0.345 e. The first-order chi connectivity index (χ1) is 14.8. The number of anilines is 1. The van der Waals surface area contributed by atoms with Gasteiger partial charge < -0.3 is 20.2 Å². The van der Waals surface area contributed by atoms with Crippen LogP contribution < -0.4 is 21.4 Å². The van der Waals surface area contributed by atoms with Crippen LogP contribution in [0.4, 0.5) is 5.69 Å². The van der Waals surface area contributed by atoms with Gasteiger partial charge in [-0.15, -0.1) is 0 Å². The van der Waals surface area contributed by atoms with Crippen LogP contribution in [0.15, 0.2) is 57.1 Å². The van der Waals surface area contributed by atoms with Crippen LogP contribution in [0.25, 0.3) is 11.0 Å². The number of rotatable bonds is 1. The third-order valence-corrected chi connectivity index (χ3v) is 6.11. The summed E-state index contributed by atoms with van der Waals surface area (Å²) < 4.78 is 11.7. The first kappa shape index (κ1) is 18.9. The van der Waals surface area contributed by atoms with Crippen molar-refractivity contribution in [1.82, 2.24) is 0 Å². The third kappa shape index (κ3) is 2.22. The van der Waals surface area contributed by atoms with E-state index in [9.17, 15) is 14.9 Å². The lowest BCUT2D eigenvalue weighted by Crippen LogP contribution is -2.45. The third-order valence-electron chi connectivity index (χ3n) is 6.11. The SMILES string of the molecule is Cc1ccc(C(C)C)c2oc(=O)c3c(c12)OC(N)=C(C#N)C31C(=O)Nc2ccccc21. The number of para-hydroxylation sites is 1. The zero-order valence-corrected chi connectivity index (χ0v) is 17.2. The molecule has 2 aliphatic heterocycles. The highest BCUT2D eigenvalue weighted by Crippen LogP contribution is 2.53. The van der Waals surface area contributed by atoms with Crippen molar-refractivity contribution < 1.29 is 13.9 Å². The molecule has 7 nitrogen and oxygen atoms in total. The van der Waals surface area contributed by atoms with E-state index in [0.29, 0.717) is 22.2 Å². The van der Waals surface area contributed by atoms with Crippen molar-refractivity contribution in [3.8, 4) is 11.8 Å². The zero-order chi connectivity index (χ0) is 22.1. The number of benzene rings is 2. The average Bonchev–Trinajstić information content (AvgIpc) is 3.00. The summed E-state index contributed by atoms with van der Waals surface area (Å²) in [6, 6.07) is 12.8. The molecule has 5 rings (SSSR count). The summed E-state index contributed by atoms with van der Waals surface area (Å²) in [5.74, 6) is -0.500. The van der Waals surface area contributed by atoms with Gasteiger partial charge in [-0.3, -0.25) is 4.79 Å². The van der Waals surface area contributed by atoms with Crippen LogP contribution in [0.3, 0.4) is 0 Å². The lowest BCUT2D eigenvalue weighted by Gasteiger charge is -2.33. The fraction of sp³-hybridized carbons (Fsp3) is 0.208. The van der Waals surface area contributed by atoms with E-state index in [2.05, 4.69) is 5.32 Å². The molecule has 0 bridgehead atoms. The molecule has 0 aliphatic carbocycles. The van der Waals surface area contributed by atoms with Gasteiger partial charge in [-0.1, -0.05) is 44.2 Å². The van der Waals surface area contributed by atoms with Gasteiger partial charge in [0.15, 0.2) is 11.2 Å². The van der Waals surface area contributed by atoms with Gasteiger partial charge in [0, 0.05) is 11.3 Å². The highest BCUT2D eigenvalue weighted by atomic mass is 16.5. The first-order valence-electron chi connectivity index (χ1n) is 9.92. The van der Waals surface area contributed by atoms with E-state index in [4.69, 9.17) is 14.9 Å². The zero-order valence-electron chi connectivity index (χ0n) is 17.2. The number of hydrogen-bond acceptors (Lipinski definition) is 6. The van der Waals surface area contributed by atoms with Gasteiger partial charge in [0.25, 0.3) is 0 Å². The predicted octanol–water partition coefficient (Wildman–Crippen LogP) is 3.55. The van der Waals surface area contributed by atoms with Crippen molar-refractivity contribution in [3.63, 3.8) is 0 Å². The van der Waals surface area contributed by atoms with E-state index in [0.717, 1.165) is 11.1 Å². The molecule has 0 fully saturated rings. The summed E-state index contributed by atoms with van der Waals surface area (Å²) >= 11 is 0. The van der Waals surface area contributed by atoms with Crippen LogP contribution in [0.1, 0.15) is 42.0 Å². The van der Waals surface area contributed by atoms with Crippen LogP contribution in [0.5, 0.6) is 5.75 Å². The molecule has 1 amide bonds. The number of ether oxygens (including phenoxy) is 1. The van der Waals surface area contributed by atoms with E-state index in [1.165, 1.54) is 0 Å². The standard InChI is InChI=1S/C24H19N3O4/c1-11(2)13-9-8-12(3)17-19(13)31-22(28)18-20(17)30-21(26)15(10-25)24(18)14-6-4-5-7-16(14)27-23(24)29/h4-9,11H,26H2,1-3H3,(H,27,29).